The van der Waals surface area contributed by atoms with Gasteiger partial charge in [0.2, 0.25) is 0 Å². The van der Waals surface area contributed by atoms with E-state index in [4.69, 9.17) is 5.73 Å². The van der Waals surface area contributed by atoms with Gasteiger partial charge in [-0.15, -0.1) is 0 Å². The first kappa shape index (κ1) is 15.6. The van der Waals surface area contributed by atoms with Crippen molar-refractivity contribution in [2.24, 2.45) is 11.7 Å². The minimum atomic E-state index is -2.68. The van der Waals surface area contributed by atoms with Gasteiger partial charge in [0.05, 0.1) is 6.04 Å². The lowest BCUT2D eigenvalue weighted by Gasteiger charge is -2.45. The smallest absolute Gasteiger partial charge is 0.264 e. The molecular formula is C16H29F2N3. The molecule has 3 fully saturated rings. The Hall–Kier alpha value is -0.260. The van der Waals surface area contributed by atoms with Crippen LogP contribution < -0.4 is 5.73 Å². The number of rotatable bonds is 4. The molecule has 2 N–H and O–H groups in total. The molecule has 1 aliphatic heterocycles. The summed E-state index contributed by atoms with van der Waals surface area (Å²) in [6.45, 7) is 3.06. The van der Waals surface area contributed by atoms with E-state index in [2.05, 4.69) is 16.8 Å². The standard InChI is InChI=1S/C16H29F2N3/c1-20(11-12-4-5-12)13-6-9-21(10-7-13)14-3-2-8-16(17,18)15(14)19/h12-15H,2-11,19H2,1H3/t14-,15+/m0/s1. The van der Waals surface area contributed by atoms with Gasteiger partial charge in [0, 0.05) is 25.0 Å². The second-order valence-electron chi connectivity index (χ2n) is 7.40. The summed E-state index contributed by atoms with van der Waals surface area (Å²) in [6.07, 6.45) is 6.36. The molecule has 0 amide bonds. The topological polar surface area (TPSA) is 32.5 Å². The van der Waals surface area contributed by atoms with Gasteiger partial charge in [0.25, 0.3) is 5.92 Å². The molecule has 0 bridgehead atoms. The Bertz CT molecular complexity index is 351. The quantitative estimate of drug-likeness (QED) is 0.865. The SMILES string of the molecule is CN(CC1CC1)C1CCN([C@H]2CCCC(F)(F)[C@@H]2N)CC1. The van der Waals surface area contributed by atoms with Crippen molar-refractivity contribution in [3.05, 3.63) is 0 Å². The molecule has 2 saturated carbocycles. The summed E-state index contributed by atoms with van der Waals surface area (Å²) < 4.78 is 27.6. The van der Waals surface area contributed by atoms with Crippen LogP contribution in [-0.4, -0.2) is 60.5 Å². The number of hydrogen-bond acceptors (Lipinski definition) is 3. The van der Waals surface area contributed by atoms with Crippen molar-refractivity contribution in [3.8, 4) is 0 Å². The number of alkyl halides is 2. The van der Waals surface area contributed by atoms with E-state index in [9.17, 15) is 8.78 Å². The molecule has 0 unspecified atom stereocenters. The van der Waals surface area contributed by atoms with E-state index in [-0.39, 0.29) is 12.5 Å². The van der Waals surface area contributed by atoms with Crippen LogP contribution in [0.15, 0.2) is 0 Å². The van der Waals surface area contributed by atoms with Crippen molar-refractivity contribution in [2.75, 3.05) is 26.7 Å². The Morgan fingerprint density at radius 1 is 1.14 bits per heavy atom. The number of hydrogen-bond donors (Lipinski definition) is 1. The normalized spacial score (nSPS) is 35.3. The van der Waals surface area contributed by atoms with Gasteiger partial charge in [0.1, 0.15) is 0 Å². The van der Waals surface area contributed by atoms with Gasteiger partial charge in [-0.05, 0) is 64.6 Å². The molecule has 3 aliphatic rings. The van der Waals surface area contributed by atoms with Crippen LogP contribution in [0.4, 0.5) is 8.78 Å². The van der Waals surface area contributed by atoms with Crippen LogP contribution in [0.5, 0.6) is 0 Å². The number of nitrogens with zero attached hydrogens (tertiary/aromatic N) is 2. The minimum absolute atomic E-state index is 0.0365. The van der Waals surface area contributed by atoms with Crippen molar-refractivity contribution in [3.63, 3.8) is 0 Å². The predicted octanol–water partition coefficient (Wildman–Crippen LogP) is 2.31. The maximum Gasteiger partial charge on any atom is 0.264 e. The highest BCUT2D eigenvalue weighted by atomic mass is 19.3. The first-order chi connectivity index (χ1) is 9.97. The van der Waals surface area contributed by atoms with Gasteiger partial charge in [-0.2, -0.15) is 0 Å². The molecule has 2 aliphatic carbocycles. The van der Waals surface area contributed by atoms with E-state index in [1.165, 1.54) is 19.4 Å². The first-order valence-corrected chi connectivity index (χ1v) is 8.55. The second kappa shape index (κ2) is 6.09. The van der Waals surface area contributed by atoms with Gasteiger partial charge in [-0.25, -0.2) is 8.78 Å². The van der Waals surface area contributed by atoms with Crippen molar-refractivity contribution < 1.29 is 8.78 Å². The molecule has 0 spiro atoms. The Morgan fingerprint density at radius 3 is 2.43 bits per heavy atom. The molecule has 0 aromatic carbocycles. The molecule has 3 nitrogen and oxygen atoms in total. The lowest BCUT2D eigenvalue weighted by molar-refractivity contribution is -0.0868. The Morgan fingerprint density at radius 2 is 1.81 bits per heavy atom. The molecule has 2 atom stereocenters. The monoisotopic (exact) mass is 301 g/mol. The lowest BCUT2D eigenvalue weighted by atomic mass is 9.85. The summed E-state index contributed by atoms with van der Waals surface area (Å²) in [5.41, 5.74) is 5.85. The fourth-order valence-electron chi connectivity index (χ4n) is 4.10. The molecule has 0 radical (unpaired) electrons. The van der Waals surface area contributed by atoms with E-state index in [0.717, 1.165) is 38.3 Å². The zero-order chi connectivity index (χ0) is 15.0. The number of nitrogens with two attached hydrogens (primary N) is 1. The van der Waals surface area contributed by atoms with Crippen LogP contribution in [0.25, 0.3) is 0 Å². The van der Waals surface area contributed by atoms with E-state index < -0.39 is 12.0 Å². The fraction of sp³-hybridized carbons (Fsp3) is 1.00. The van der Waals surface area contributed by atoms with E-state index >= 15 is 0 Å². The van der Waals surface area contributed by atoms with Crippen LogP contribution >= 0.6 is 0 Å². The molecule has 5 heteroatoms. The summed E-state index contributed by atoms with van der Waals surface area (Å²) in [7, 11) is 2.22. The van der Waals surface area contributed by atoms with E-state index in [1.54, 1.807) is 0 Å². The molecule has 21 heavy (non-hydrogen) atoms. The van der Waals surface area contributed by atoms with Crippen molar-refractivity contribution in [2.45, 2.75) is 69.0 Å². The van der Waals surface area contributed by atoms with Gasteiger partial charge in [-0.3, -0.25) is 4.90 Å². The number of likely N-dealkylation sites (tertiary alicyclic amines) is 1. The summed E-state index contributed by atoms with van der Waals surface area (Å²) in [5, 5.41) is 0. The summed E-state index contributed by atoms with van der Waals surface area (Å²) >= 11 is 0. The Kier molecular flexibility index (Phi) is 4.53. The summed E-state index contributed by atoms with van der Waals surface area (Å²) in [4.78, 5) is 4.73. The maximum atomic E-state index is 13.8. The highest BCUT2D eigenvalue weighted by molar-refractivity contribution is 4.97. The van der Waals surface area contributed by atoms with Crippen molar-refractivity contribution >= 4 is 0 Å². The Balaban J connectivity index is 1.50. The molecular weight excluding hydrogens is 272 g/mol. The first-order valence-electron chi connectivity index (χ1n) is 8.55. The van der Waals surface area contributed by atoms with E-state index in [1.807, 2.05) is 0 Å². The molecule has 1 heterocycles. The third kappa shape index (κ3) is 3.57. The molecule has 1 saturated heterocycles. The third-order valence-corrected chi connectivity index (χ3v) is 5.75. The van der Waals surface area contributed by atoms with Crippen LogP contribution in [0.1, 0.15) is 44.9 Å². The molecule has 3 rings (SSSR count). The van der Waals surface area contributed by atoms with Gasteiger partial charge < -0.3 is 10.6 Å². The fourth-order valence-corrected chi connectivity index (χ4v) is 4.10. The summed E-state index contributed by atoms with van der Waals surface area (Å²) in [6, 6.07) is -0.474. The highest BCUT2D eigenvalue weighted by Crippen LogP contribution is 2.36. The highest BCUT2D eigenvalue weighted by Gasteiger charge is 2.47. The molecule has 0 aromatic rings. The Labute approximate surface area is 126 Å². The van der Waals surface area contributed by atoms with Crippen molar-refractivity contribution in [1.82, 2.24) is 9.80 Å². The molecule has 122 valence electrons. The van der Waals surface area contributed by atoms with Gasteiger partial charge in [0.15, 0.2) is 0 Å². The van der Waals surface area contributed by atoms with Gasteiger partial charge >= 0.3 is 0 Å². The van der Waals surface area contributed by atoms with Crippen LogP contribution in [-0.2, 0) is 0 Å². The zero-order valence-corrected chi connectivity index (χ0v) is 13.1. The second-order valence-corrected chi connectivity index (χ2v) is 7.40. The predicted molar refractivity (Wildman–Crippen MR) is 80.5 cm³/mol. The lowest BCUT2D eigenvalue weighted by Crippen LogP contribution is -2.60. The number of piperidine rings is 1. The van der Waals surface area contributed by atoms with Crippen LogP contribution in [0.3, 0.4) is 0 Å². The zero-order valence-electron chi connectivity index (χ0n) is 13.1. The molecule has 0 aromatic heterocycles. The van der Waals surface area contributed by atoms with E-state index in [0.29, 0.717) is 12.5 Å². The largest absolute Gasteiger partial charge is 0.321 e. The maximum absolute atomic E-state index is 13.8. The number of halogens is 2. The van der Waals surface area contributed by atoms with Crippen LogP contribution in [0.2, 0.25) is 0 Å². The summed E-state index contributed by atoms with van der Waals surface area (Å²) in [5.74, 6) is -1.76. The minimum Gasteiger partial charge on any atom is -0.321 e. The average Bonchev–Trinajstić information content (AvgIpc) is 3.26. The average molecular weight is 301 g/mol. The van der Waals surface area contributed by atoms with Crippen molar-refractivity contribution in [1.29, 1.82) is 0 Å². The third-order valence-electron chi connectivity index (χ3n) is 5.75. The van der Waals surface area contributed by atoms with Crippen LogP contribution in [0, 0.1) is 5.92 Å². The van der Waals surface area contributed by atoms with Gasteiger partial charge in [-0.1, -0.05) is 0 Å².